The fourth-order valence-corrected chi connectivity index (χ4v) is 4.77. The third-order valence-corrected chi connectivity index (χ3v) is 6.59. The fraction of sp³-hybridized carbons (Fsp3) is 0.579. The predicted octanol–water partition coefficient (Wildman–Crippen LogP) is 3.42. The van der Waals surface area contributed by atoms with Gasteiger partial charge < -0.3 is 4.74 Å². The van der Waals surface area contributed by atoms with Gasteiger partial charge in [-0.1, -0.05) is 51.1 Å². The number of hydrogen-bond acceptors (Lipinski definition) is 3. The topological polar surface area (TPSA) is 38.7 Å². The summed E-state index contributed by atoms with van der Waals surface area (Å²) in [7, 11) is 0. The number of fused-ring (bicyclic) bond motifs is 5. The molecule has 1 aliphatic heterocycles. The minimum absolute atomic E-state index is 0.0757. The smallest absolute Gasteiger partial charge is 0.331 e. The lowest BCUT2D eigenvalue weighted by Crippen LogP contribution is -2.45. The number of esters is 1. The molecule has 1 heterocycles. The normalized spacial score (nSPS) is 38.4. The Bertz CT molecular complexity index is 649. The van der Waals surface area contributed by atoms with Gasteiger partial charge in [-0.25, -0.2) is 4.79 Å². The SMILES string of the molecule is CC1(C)[C@@H]2CC[C@@]1(C)C1=N[C@@H](Cc3ccccc3)C(=O)OC12. The molecular formula is C19H23NO2. The van der Waals surface area contributed by atoms with Crippen LogP contribution in [0, 0.1) is 16.7 Å². The van der Waals surface area contributed by atoms with Crippen LogP contribution in [0.5, 0.6) is 0 Å². The van der Waals surface area contributed by atoms with E-state index in [2.05, 4.69) is 20.8 Å². The molecule has 0 N–H and O–H groups in total. The van der Waals surface area contributed by atoms with Crippen LogP contribution in [0.25, 0.3) is 0 Å². The van der Waals surface area contributed by atoms with E-state index in [0.29, 0.717) is 12.3 Å². The Morgan fingerprint density at radius 1 is 1.23 bits per heavy atom. The molecule has 22 heavy (non-hydrogen) atoms. The molecule has 2 fully saturated rings. The first-order valence-electron chi connectivity index (χ1n) is 8.26. The van der Waals surface area contributed by atoms with E-state index in [9.17, 15) is 4.79 Å². The molecule has 0 saturated heterocycles. The van der Waals surface area contributed by atoms with Gasteiger partial charge in [0.05, 0.1) is 5.71 Å². The third-order valence-electron chi connectivity index (χ3n) is 6.59. The van der Waals surface area contributed by atoms with Crippen molar-refractivity contribution in [2.45, 2.75) is 52.2 Å². The van der Waals surface area contributed by atoms with E-state index in [1.165, 1.54) is 0 Å². The second-order valence-corrected chi connectivity index (χ2v) is 7.78. The van der Waals surface area contributed by atoms with Gasteiger partial charge >= 0.3 is 5.97 Å². The second kappa shape index (κ2) is 4.43. The number of hydrogen-bond donors (Lipinski definition) is 0. The molecule has 1 aromatic rings. The number of rotatable bonds is 2. The summed E-state index contributed by atoms with van der Waals surface area (Å²) in [5.74, 6) is 0.280. The van der Waals surface area contributed by atoms with Crippen LogP contribution in [0.15, 0.2) is 35.3 Å². The molecule has 3 nitrogen and oxygen atoms in total. The monoisotopic (exact) mass is 297 g/mol. The van der Waals surface area contributed by atoms with Gasteiger partial charge in [-0.15, -0.1) is 0 Å². The fourth-order valence-electron chi connectivity index (χ4n) is 4.77. The molecule has 0 aromatic heterocycles. The Balaban J connectivity index is 1.69. The number of benzene rings is 1. The average molecular weight is 297 g/mol. The molecule has 2 bridgehead atoms. The summed E-state index contributed by atoms with van der Waals surface area (Å²) >= 11 is 0. The van der Waals surface area contributed by atoms with Crippen molar-refractivity contribution in [2.75, 3.05) is 0 Å². The number of carbonyl (C=O) groups excluding carboxylic acids is 1. The van der Waals surface area contributed by atoms with Crippen molar-refractivity contribution in [2.24, 2.45) is 21.7 Å². The van der Waals surface area contributed by atoms with Gasteiger partial charge in [0.2, 0.25) is 0 Å². The first-order valence-corrected chi connectivity index (χ1v) is 8.26. The van der Waals surface area contributed by atoms with Gasteiger partial charge in [-0.2, -0.15) is 0 Å². The predicted molar refractivity (Wildman–Crippen MR) is 85.9 cm³/mol. The Hall–Kier alpha value is -1.64. The minimum atomic E-state index is -0.374. The lowest BCUT2D eigenvalue weighted by molar-refractivity contribution is -0.151. The summed E-state index contributed by atoms with van der Waals surface area (Å²) in [5, 5.41) is 0. The standard InChI is InChI=1S/C19H23NO2/c1-18(2)13-9-10-19(18,3)16-15(13)22-17(21)14(20-16)11-12-7-5-4-6-8-12/h4-8,13-15H,9-11H2,1-3H3/t13-,14+,15?,19+/m1/s1. The Labute approximate surface area is 131 Å². The molecule has 116 valence electrons. The first-order chi connectivity index (χ1) is 10.4. The van der Waals surface area contributed by atoms with Gasteiger partial charge in [-0.05, 0) is 23.8 Å². The molecule has 2 saturated carbocycles. The highest BCUT2D eigenvalue weighted by Crippen LogP contribution is 2.65. The zero-order valence-electron chi connectivity index (χ0n) is 13.5. The van der Waals surface area contributed by atoms with E-state index < -0.39 is 0 Å². The Kier molecular flexibility index (Phi) is 2.82. The van der Waals surface area contributed by atoms with E-state index in [1.807, 2.05) is 30.3 Å². The number of ether oxygens (including phenoxy) is 1. The van der Waals surface area contributed by atoms with E-state index in [1.54, 1.807) is 0 Å². The van der Waals surface area contributed by atoms with Crippen LogP contribution in [-0.2, 0) is 16.0 Å². The summed E-state index contributed by atoms with van der Waals surface area (Å²) in [6.45, 7) is 6.93. The molecule has 1 unspecified atom stereocenters. The molecule has 0 spiro atoms. The third kappa shape index (κ3) is 1.68. The summed E-state index contributed by atoms with van der Waals surface area (Å²) in [6, 6.07) is 9.71. The summed E-state index contributed by atoms with van der Waals surface area (Å²) in [5.41, 5.74) is 2.53. The highest BCUT2D eigenvalue weighted by Gasteiger charge is 2.67. The molecule has 0 amide bonds. The summed E-state index contributed by atoms with van der Waals surface area (Å²) < 4.78 is 5.86. The van der Waals surface area contributed by atoms with Crippen LogP contribution < -0.4 is 0 Å². The molecule has 0 radical (unpaired) electrons. The van der Waals surface area contributed by atoms with Crippen LogP contribution in [0.1, 0.15) is 39.2 Å². The van der Waals surface area contributed by atoms with Gasteiger partial charge in [0, 0.05) is 17.8 Å². The zero-order valence-corrected chi connectivity index (χ0v) is 13.5. The second-order valence-electron chi connectivity index (χ2n) is 7.78. The average Bonchev–Trinajstić information content (AvgIpc) is 2.81. The van der Waals surface area contributed by atoms with Gasteiger partial charge in [-0.3, -0.25) is 4.99 Å². The number of carbonyl (C=O) groups is 1. The van der Waals surface area contributed by atoms with Crippen LogP contribution in [-0.4, -0.2) is 23.8 Å². The zero-order chi connectivity index (χ0) is 15.5. The lowest BCUT2D eigenvalue weighted by Gasteiger charge is -2.36. The van der Waals surface area contributed by atoms with Gasteiger partial charge in [0.15, 0.2) is 6.04 Å². The quantitative estimate of drug-likeness (QED) is 0.785. The van der Waals surface area contributed by atoms with Gasteiger partial charge in [0.1, 0.15) is 6.10 Å². The van der Waals surface area contributed by atoms with Crippen molar-refractivity contribution in [1.82, 2.24) is 0 Å². The highest BCUT2D eigenvalue weighted by atomic mass is 16.5. The van der Waals surface area contributed by atoms with Crippen LogP contribution >= 0.6 is 0 Å². The lowest BCUT2D eigenvalue weighted by atomic mass is 9.70. The van der Waals surface area contributed by atoms with E-state index in [0.717, 1.165) is 24.1 Å². The van der Waals surface area contributed by atoms with Crippen molar-refractivity contribution >= 4 is 11.7 Å². The van der Waals surface area contributed by atoms with E-state index >= 15 is 0 Å². The maximum absolute atomic E-state index is 12.4. The largest absolute Gasteiger partial charge is 0.454 e. The Morgan fingerprint density at radius 2 is 1.95 bits per heavy atom. The van der Waals surface area contributed by atoms with Crippen molar-refractivity contribution in [3.05, 3.63) is 35.9 Å². The van der Waals surface area contributed by atoms with Crippen molar-refractivity contribution in [1.29, 1.82) is 0 Å². The summed E-state index contributed by atoms with van der Waals surface area (Å²) in [6.07, 6.45) is 2.87. The number of aliphatic imine (C=N–C) groups is 1. The molecule has 2 aliphatic carbocycles. The minimum Gasteiger partial charge on any atom is -0.454 e. The molecular weight excluding hydrogens is 274 g/mol. The van der Waals surface area contributed by atoms with Crippen LogP contribution in [0.4, 0.5) is 0 Å². The molecule has 4 atom stereocenters. The molecule has 1 aromatic carbocycles. The maximum Gasteiger partial charge on any atom is 0.331 e. The van der Waals surface area contributed by atoms with Crippen molar-refractivity contribution in [3.8, 4) is 0 Å². The van der Waals surface area contributed by atoms with Crippen LogP contribution in [0.3, 0.4) is 0 Å². The molecule has 4 rings (SSSR count). The van der Waals surface area contributed by atoms with Crippen molar-refractivity contribution in [3.63, 3.8) is 0 Å². The summed E-state index contributed by atoms with van der Waals surface area (Å²) in [4.78, 5) is 17.3. The maximum atomic E-state index is 12.4. The molecule has 3 aliphatic rings. The van der Waals surface area contributed by atoms with Crippen molar-refractivity contribution < 1.29 is 9.53 Å². The van der Waals surface area contributed by atoms with Crippen LogP contribution in [0.2, 0.25) is 0 Å². The first kappa shape index (κ1) is 14.0. The molecule has 3 heteroatoms. The van der Waals surface area contributed by atoms with E-state index in [4.69, 9.17) is 9.73 Å². The highest BCUT2D eigenvalue weighted by molar-refractivity contribution is 6.03. The van der Waals surface area contributed by atoms with Gasteiger partial charge in [0.25, 0.3) is 0 Å². The number of nitrogens with zero attached hydrogens (tertiary/aromatic N) is 1. The Morgan fingerprint density at radius 3 is 2.68 bits per heavy atom. The van der Waals surface area contributed by atoms with E-state index in [-0.39, 0.29) is 28.9 Å².